The molecule has 0 aromatic heterocycles. The van der Waals surface area contributed by atoms with E-state index in [4.69, 9.17) is 4.74 Å². The number of anilines is 1. The minimum Gasteiger partial charge on any atom is -0.497 e. The highest BCUT2D eigenvalue weighted by Crippen LogP contribution is 2.39. The van der Waals surface area contributed by atoms with E-state index < -0.39 is 0 Å². The quantitative estimate of drug-likeness (QED) is 0.532. The number of carbonyl (C=O) groups excluding carboxylic acids is 1. The molecule has 5 heteroatoms. The molecular formula is C25H31N3O2. The lowest BCUT2D eigenvalue weighted by atomic mass is 9.88. The van der Waals surface area contributed by atoms with E-state index in [-0.39, 0.29) is 17.9 Å². The first kappa shape index (κ1) is 21.6. The smallest absolute Gasteiger partial charge is 0.244 e. The monoisotopic (exact) mass is 405 g/mol. The molecule has 0 fully saturated rings. The molecule has 1 N–H and O–H groups in total. The minimum absolute atomic E-state index is 0.00318. The maximum Gasteiger partial charge on any atom is 0.244 e. The maximum absolute atomic E-state index is 12.2. The second kappa shape index (κ2) is 9.16. The van der Waals surface area contributed by atoms with Crippen molar-refractivity contribution in [1.82, 2.24) is 5.43 Å². The lowest BCUT2D eigenvalue weighted by Gasteiger charge is -2.43. The van der Waals surface area contributed by atoms with Crippen LogP contribution in [0.25, 0.3) is 5.57 Å². The highest BCUT2D eigenvalue weighted by atomic mass is 16.5. The Kier molecular flexibility index (Phi) is 6.60. The Balaban J connectivity index is 1.70. The van der Waals surface area contributed by atoms with Gasteiger partial charge in [-0.15, -0.1) is 0 Å². The maximum atomic E-state index is 12.2. The number of allylic oxidation sites excluding steroid dienone is 1. The number of ether oxygens (including phenoxy) is 1. The zero-order valence-electron chi connectivity index (χ0n) is 18.5. The van der Waals surface area contributed by atoms with E-state index in [0.29, 0.717) is 0 Å². The van der Waals surface area contributed by atoms with Crippen LogP contribution in [0.1, 0.15) is 50.8 Å². The summed E-state index contributed by atoms with van der Waals surface area (Å²) in [6.07, 6.45) is 5.36. The first-order valence-electron chi connectivity index (χ1n) is 10.4. The molecule has 1 heterocycles. The number of carbonyl (C=O) groups is 1. The van der Waals surface area contributed by atoms with Gasteiger partial charge in [0.15, 0.2) is 0 Å². The van der Waals surface area contributed by atoms with Gasteiger partial charge < -0.3 is 9.64 Å². The number of hydrogen-bond acceptors (Lipinski definition) is 4. The fourth-order valence-electron chi connectivity index (χ4n) is 4.00. The van der Waals surface area contributed by atoms with Crippen LogP contribution in [0.5, 0.6) is 5.75 Å². The number of benzene rings is 2. The summed E-state index contributed by atoms with van der Waals surface area (Å²) in [5, 5.41) is 4.15. The summed E-state index contributed by atoms with van der Waals surface area (Å²) >= 11 is 0. The summed E-state index contributed by atoms with van der Waals surface area (Å²) in [7, 11) is 1.61. The number of hydrogen-bond donors (Lipinski definition) is 1. The Labute approximate surface area is 179 Å². The van der Waals surface area contributed by atoms with Crippen LogP contribution in [-0.4, -0.2) is 31.3 Å². The summed E-state index contributed by atoms with van der Waals surface area (Å²) < 4.78 is 5.20. The Bertz CT molecular complexity index is 976. The first-order chi connectivity index (χ1) is 14.3. The van der Waals surface area contributed by atoms with Gasteiger partial charge in [0.25, 0.3) is 0 Å². The predicted molar refractivity (Wildman–Crippen MR) is 124 cm³/mol. The summed E-state index contributed by atoms with van der Waals surface area (Å²) in [5.74, 6) is 0.575. The molecule has 1 aliphatic heterocycles. The molecule has 0 aliphatic carbocycles. The Morgan fingerprint density at radius 1 is 1.23 bits per heavy atom. The van der Waals surface area contributed by atoms with E-state index in [1.165, 1.54) is 16.8 Å². The third kappa shape index (κ3) is 4.90. The summed E-state index contributed by atoms with van der Waals surface area (Å²) in [5.41, 5.74) is 8.19. The third-order valence-corrected chi connectivity index (χ3v) is 5.35. The van der Waals surface area contributed by atoms with E-state index >= 15 is 0 Å². The molecule has 0 atom stereocenters. The van der Waals surface area contributed by atoms with Crippen LogP contribution in [0.3, 0.4) is 0 Å². The van der Waals surface area contributed by atoms with E-state index in [0.717, 1.165) is 29.8 Å². The van der Waals surface area contributed by atoms with Crippen LogP contribution < -0.4 is 15.1 Å². The van der Waals surface area contributed by atoms with Crippen molar-refractivity contribution in [3.05, 3.63) is 65.2 Å². The lowest BCUT2D eigenvalue weighted by molar-refractivity contribution is -0.120. The number of nitrogens with one attached hydrogen (secondary N) is 1. The molecule has 2 aromatic carbocycles. The molecule has 5 nitrogen and oxygen atoms in total. The summed E-state index contributed by atoms with van der Waals surface area (Å²) in [6.45, 7) is 9.87. The van der Waals surface area contributed by atoms with Crippen LogP contribution in [0.2, 0.25) is 0 Å². The zero-order chi connectivity index (χ0) is 21.7. The van der Waals surface area contributed by atoms with Crippen molar-refractivity contribution in [2.24, 2.45) is 5.10 Å². The van der Waals surface area contributed by atoms with Gasteiger partial charge in [-0.1, -0.05) is 31.2 Å². The molecule has 158 valence electrons. The molecule has 0 bridgehead atoms. The van der Waals surface area contributed by atoms with E-state index in [1.54, 1.807) is 13.3 Å². The van der Waals surface area contributed by atoms with Gasteiger partial charge in [0.05, 0.1) is 25.3 Å². The van der Waals surface area contributed by atoms with Crippen molar-refractivity contribution in [2.45, 2.75) is 46.1 Å². The standard InChI is InChI=1S/C25H31N3O2/c1-6-12-28-23-11-10-20(14-22(23)18(2)16-25(28,3)4)17-26-27-24(29)15-19-8-7-9-21(13-19)30-5/h7-11,13-14,16-17H,6,12,15H2,1-5H3,(H,27,29)/b26-17+. The Morgan fingerprint density at radius 3 is 2.77 bits per heavy atom. The topological polar surface area (TPSA) is 53.9 Å². The molecule has 0 saturated carbocycles. The average Bonchev–Trinajstić information content (AvgIpc) is 2.71. The summed E-state index contributed by atoms with van der Waals surface area (Å²) in [4.78, 5) is 14.6. The molecule has 0 spiro atoms. The number of fused-ring (bicyclic) bond motifs is 1. The molecule has 0 radical (unpaired) electrons. The van der Waals surface area contributed by atoms with Crippen LogP contribution in [0.4, 0.5) is 5.69 Å². The first-order valence-corrected chi connectivity index (χ1v) is 10.4. The zero-order valence-corrected chi connectivity index (χ0v) is 18.5. The fraction of sp³-hybridized carbons (Fsp3) is 0.360. The molecule has 30 heavy (non-hydrogen) atoms. The number of rotatable bonds is 7. The molecule has 3 rings (SSSR count). The van der Waals surface area contributed by atoms with Crippen molar-refractivity contribution in [3.8, 4) is 5.75 Å². The highest BCUT2D eigenvalue weighted by molar-refractivity contribution is 5.88. The van der Waals surface area contributed by atoms with E-state index in [1.807, 2.05) is 30.3 Å². The largest absolute Gasteiger partial charge is 0.497 e. The molecular weight excluding hydrogens is 374 g/mol. The van der Waals surface area contributed by atoms with Gasteiger partial charge >= 0.3 is 0 Å². The van der Waals surface area contributed by atoms with Gasteiger partial charge in [-0.2, -0.15) is 5.10 Å². The van der Waals surface area contributed by atoms with Gasteiger partial charge in [0.2, 0.25) is 5.91 Å². The molecule has 0 unspecified atom stereocenters. The van der Waals surface area contributed by atoms with Gasteiger partial charge in [-0.25, -0.2) is 5.43 Å². The fourth-order valence-corrected chi connectivity index (χ4v) is 4.00. The molecule has 2 aromatic rings. The number of amides is 1. The normalized spacial score (nSPS) is 15.0. The minimum atomic E-state index is -0.163. The molecule has 1 aliphatic rings. The van der Waals surface area contributed by atoms with Gasteiger partial charge in [0, 0.05) is 17.8 Å². The van der Waals surface area contributed by atoms with Crippen molar-refractivity contribution < 1.29 is 9.53 Å². The van der Waals surface area contributed by atoms with Crippen LogP contribution in [0.15, 0.2) is 53.6 Å². The van der Waals surface area contributed by atoms with Gasteiger partial charge in [-0.3, -0.25) is 4.79 Å². The van der Waals surface area contributed by atoms with Crippen LogP contribution in [0, 0.1) is 0 Å². The number of hydrazone groups is 1. The molecule has 1 amide bonds. The summed E-state index contributed by atoms with van der Waals surface area (Å²) in [6, 6.07) is 13.8. The Morgan fingerprint density at radius 2 is 2.03 bits per heavy atom. The second-order valence-corrected chi connectivity index (χ2v) is 8.23. The van der Waals surface area contributed by atoms with Crippen molar-refractivity contribution in [3.63, 3.8) is 0 Å². The second-order valence-electron chi connectivity index (χ2n) is 8.23. The van der Waals surface area contributed by atoms with E-state index in [2.05, 4.69) is 61.3 Å². The van der Waals surface area contributed by atoms with Crippen molar-refractivity contribution in [1.29, 1.82) is 0 Å². The predicted octanol–water partition coefficient (Wildman–Crippen LogP) is 4.80. The Hall–Kier alpha value is -3.08. The number of methoxy groups -OCH3 is 1. The SMILES string of the molecule is CCCN1c2ccc(/C=N/NC(=O)Cc3cccc(OC)c3)cc2C(C)=CC1(C)C. The number of nitrogens with zero attached hydrogens (tertiary/aromatic N) is 2. The van der Waals surface area contributed by atoms with Gasteiger partial charge in [0.1, 0.15) is 5.75 Å². The van der Waals surface area contributed by atoms with E-state index in [9.17, 15) is 4.79 Å². The average molecular weight is 406 g/mol. The van der Waals surface area contributed by atoms with Crippen LogP contribution in [-0.2, 0) is 11.2 Å². The molecule has 0 saturated heterocycles. The lowest BCUT2D eigenvalue weighted by Crippen LogP contribution is -2.45. The third-order valence-electron chi connectivity index (χ3n) is 5.35. The van der Waals surface area contributed by atoms with Crippen LogP contribution >= 0.6 is 0 Å². The van der Waals surface area contributed by atoms with Crippen molar-refractivity contribution >= 4 is 23.4 Å². The van der Waals surface area contributed by atoms with Crippen molar-refractivity contribution in [2.75, 3.05) is 18.6 Å². The highest BCUT2D eigenvalue weighted by Gasteiger charge is 2.30. The van der Waals surface area contributed by atoms with Gasteiger partial charge in [-0.05, 0) is 68.2 Å².